The average Bonchev–Trinajstić information content (AvgIpc) is 3.25. The maximum absolute atomic E-state index is 13.4. The minimum atomic E-state index is -3.67. The van der Waals surface area contributed by atoms with Crippen LogP contribution in [0.4, 0.5) is 0 Å². The Bertz CT molecular complexity index is 1550. The van der Waals surface area contributed by atoms with Gasteiger partial charge in [-0.05, 0) is 29.3 Å². The Balaban J connectivity index is 1.78. The van der Waals surface area contributed by atoms with Gasteiger partial charge in [-0.2, -0.15) is 9.52 Å². The van der Waals surface area contributed by atoms with E-state index in [0.717, 1.165) is 27.2 Å². The van der Waals surface area contributed by atoms with Gasteiger partial charge in [-0.25, -0.2) is 8.42 Å². The maximum Gasteiger partial charge on any atom is 0.258 e. The number of hydrazone groups is 1. The number of rotatable bonds is 4. The number of aromatic amines is 1. The highest BCUT2D eigenvalue weighted by atomic mass is 35.5. The second-order valence-electron chi connectivity index (χ2n) is 7.97. The SMILES string of the molecule is CS(=O)(=O)N1N=C(c2c(-c3ccccc3)c3cc(Cl)ccc3[nH]c2=O)CC1c1ccccc1. The number of nitrogens with zero attached hydrogens (tertiary/aromatic N) is 2. The van der Waals surface area contributed by atoms with E-state index in [1.807, 2.05) is 60.7 Å². The van der Waals surface area contributed by atoms with Crippen molar-refractivity contribution in [1.29, 1.82) is 0 Å². The van der Waals surface area contributed by atoms with Gasteiger partial charge in [0.25, 0.3) is 5.56 Å². The molecule has 1 atom stereocenters. The number of H-pyrrole nitrogens is 1. The Hall–Kier alpha value is -3.42. The lowest BCUT2D eigenvalue weighted by atomic mass is 9.91. The number of halogens is 1. The van der Waals surface area contributed by atoms with Crippen LogP contribution in [0.3, 0.4) is 0 Å². The summed E-state index contributed by atoms with van der Waals surface area (Å²) in [5.74, 6) is 0. The summed E-state index contributed by atoms with van der Waals surface area (Å²) in [6.07, 6.45) is 1.39. The molecular formula is C25H20ClN3O3S. The third-order valence-electron chi connectivity index (χ3n) is 5.72. The molecule has 5 rings (SSSR count). The molecule has 8 heteroatoms. The number of nitrogens with one attached hydrogen (secondary N) is 1. The molecule has 0 amide bonds. The fraction of sp³-hybridized carbons (Fsp3) is 0.120. The first-order chi connectivity index (χ1) is 15.8. The van der Waals surface area contributed by atoms with Gasteiger partial charge in [0, 0.05) is 27.9 Å². The van der Waals surface area contributed by atoms with Crippen molar-refractivity contribution in [3.8, 4) is 11.1 Å². The van der Waals surface area contributed by atoms with Crippen LogP contribution < -0.4 is 5.56 Å². The summed E-state index contributed by atoms with van der Waals surface area (Å²) >= 11 is 6.31. The summed E-state index contributed by atoms with van der Waals surface area (Å²) in [5.41, 5.74) is 3.39. The van der Waals surface area contributed by atoms with E-state index in [2.05, 4.69) is 10.1 Å². The molecule has 6 nitrogen and oxygen atoms in total. The predicted molar refractivity (Wildman–Crippen MR) is 132 cm³/mol. The van der Waals surface area contributed by atoms with Crippen LogP contribution in [-0.2, 0) is 10.0 Å². The number of benzene rings is 3. The molecule has 0 spiro atoms. The number of pyridine rings is 1. The summed E-state index contributed by atoms with van der Waals surface area (Å²) in [7, 11) is -3.67. The van der Waals surface area contributed by atoms with Crippen LogP contribution in [0.25, 0.3) is 22.0 Å². The highest BCUT2D eigenvalue weighted by molar-refractivity contribution is 7.88. The van der Waals surface area contributed by atoms with Gasteiger partial charge in [0.05, 0.1) is 23.6 Å². The van der Waals surface area contributed by atoms with E-state index in [0.29, 0.717) is 27.4 Å². The second kappa shape index (κ2) is 8.17. The molecule has 0 saturated carbocycles. The lowest BCUT2D eigenvalue weighted by Crippen LogP contribution is -2.25. The van der Waals surface area contributed by atoms with Crippen molar-refractivity contribution in [2.75, 3.05) is 6.26 Å². The first-order valence-electron chi connectivity index (χ1n) is 10.4. The lowest BCUT2D eigenvalue weighted by molar-refractivity contribution is 0.375. The van der Waals surface area contributed by atoms with Crippen LogP contribution in [0.15, 0.2) is 88.8 Å². The zero-order chi connectivity index (χ0) is 23.2. The average molecular weight is 478 g/mol. The van der Waals surface area contributed by atoms with Gasteiger partial charge in [0.15, 0.2) is 0 Å². The molecule has 0 fully saturated rings. The summed E-state index contributed by atoms with van der Waals surface area (Å²) < 4.78 is 26.3. The fourth-order valence-electron chi connectivity index (χ4n) is 4.31. The van der Waals surface area contributed by atoms with Crippen LogP contribution in [0, 0.1) is 0 Å². The molecule has 0 radical (unpaired) electrons. The van der Waals surface area contributed by atoms with Gasteiger partial charge >= 0.3 is 0 Å². The van der Waals surface area contributed by atoms with Crippen LogP contribution in [0.1, 0.15) is 23.6 Å². The van der Waals surface area contributed by atoms with Crippen molar-refractivity contribution < 1.29 is 8.42 Å². The Morgan fingerprint density at radius 2 is 1.64 bits per heavy atom. The summed E-state index contributed by atoms with van der Waals surface area (Å²) in [6, 6.07) is 23.6. The molecule has 0 bridgehead atoms. The molecule has 1 aromatic heterocycles. The van der Waals surface area contributed by atoms with Gasteiger partial charge in [0.2, 0.25) is 10.0 Å². The summed E-state index contributed by atoms with van der Waals surface area (Å²) in [5, 5.41) is 5.77. The van der Waals surface area contributed by atoms with E-state index in [4.69, 9.17) is 11.6 Å². The predicted octanol–water partition coefficient (Wildman–Crippen LogP) is 4.96. The molecule has 2 heterocycles. The molecule has 166 valence electrons. The Labute approximate surface area is 196 Å². The largest absolute Gasteiger partial charge is 0.321 e. The van der Waals surface area contributed by atoms with Crippen molar-refractivity contribution in [1.82, 2.24) is 9.40 Å². The van der Waals surface area contributed by atoms with E-state index >= 15 is 0 Å². The zero-order valence-electron chi connectivity index (χ0n) is 17.7. The van der Waals surface area contributed by atoms with Crippen molar-refractivity contribution >= 4 is 38.2 Å². The molecule has 4 aromatic rings. The standard InChI is InChI=1S/C25H20ClN3O3S/c1-33(31,32)29-22(16-8-4-2-5-9-16)15-21(28-29)24-23(17-10-6-3-7-11-17)19-14-18(26)12-13-20(19)27-25(24)30/h2-14,22H,15H2,1H3,(H,27,30). The number of fused-ring (bicyclic) bond motifs is 1. The van der Waals surface area contributed by atoms with Gasteiger partial charge in [-0.3, -0.25) is 4.79 Å². The molecule has 1 N–H and O–H groups in total. The molecule has 1 aliphatic heterocycles. The normalized spacial score (nSPS) is 16.2. The molecule has 1 unspecified atom stereocenters. The van der Waals surface area contributed by atoms with Gasteiger partial charge in [-0.1, -0.05) is 72.3 Å². The number of sulfonamides is 1. The van der Waals surface area contributed by atoms with E-state index in [9.17, 15) is 13.2 Å². The Morgan fingerprint density at radius 3 is 2.30 bits per heavy atom. The van der Waals surface area contributed by atoms with Crippen LogP contribution in [0.5, 0.6) is 0 Å². The van der Waals surface area contributed by atoms with Gasteiger partial charge in [-0.15, -0.1) is 0 Å². The van der Waals surface area contributed by atoms with E-state index < -0.39 is 16.1 Å². The number of aromatic nitrogens is 1. The minimum Gasteiger partial charge on any atom is -0.321 e. The topological polar surface area (TPSA) is 82.6 Å². The number of hydrogen-bond donors (Lipinski definition) is 1. The molecule has 0 saturated heterocycles. The molecule has 33 heavy (non-hydrogen) atoms. The van der Waals surface area contributed by atoms with Gasteiger partial charge < -0.3 is 4.98 Å². The minimum absolute atomic E-state index is 0.270. The highest BCUT2D eigenvalue weighted by Crippen LogP contribution is 2.38. The van der Waals surface area contributed by atoms with E-state index in [1.54, 1.807) is 18.2 Å². The molecule has 0 aliphatic carbocycles. The monoisotopic (exact) mass is 477 g/mol. The van der Waals surface area contributed by atoms with Crippen molar-refractivity contribution in [2.45, 2.75) is 12.5 Å². The second-order valence-corrected chi connectivity index (χ2v) is 10.2. The molecule has 3 aromatic carbocycles. The Kier molecular flexibility index (Phi) is 5.31. The maximum atomic E-state index is 13.4. The third-order valence-corrected chi connectivity index (χ3v) is 6.97. The van der Waals surface area contributed by atoms with E-state index in [-0.39, 0.29) is 12.0 Å². The highest BCUT2D eigenvalue weighted by Gasteiger charge is 2.36. The van der Waals surface area contributed by atoms with Crippen molar-refractivity contribution in [3.05, 3.63) is 105 Å². The van der Waals surface area contributed by atoms with Crippen LogP contribution in [-0.4, -0.2) is 29.8 Å². The smallest absolute Gasteiger partial charge is 0.258 e. The first kappa shape index (κ1) is 21.4. The van der Waals surface area contributed by atoms with E-state index in [1.165, 1.54) is 0 Å². The fourth-order valence-corrected chi connectivity index (χ4v) is 5.39. The quantitative estimate of drug-likeness (QED) is 0.451. The third kappa shape index (κ3) is 3.94. The molecule has 1 aliphatic rings. The Morgan fingerprint density at radius 1 is 0.970 bits per heavy atom. The first-order valence-corrected chi connectivity index (χ1v) is 12.6. The zero-order valence-corrected chi connectivity index (χ0v) is 19.3. The number of hydrogen-bond acceptors (Lipinski definition) is 4. The molecular weight excluding hydrogens is 458 g/mol. The van der Waals surface area contributed by atoms with Crippen molar-refractivity contribution in [3.63, 3.8) is 0 Å². The van der Waals surface area contributed by atoms with Crippen LogP contribution in [0.2, 0.25) is 5.02 Å². The van der Waals surface area contributed by atoms with Crippen LogP contribution >= 0.6 is 11.6 Å². The summed E-state index contributed by atoms with van der Waals surface area (Å²) in [6.45, 7) is 0. The lowest BCUT2D eigenvalue weighted by Gasteiger charge is -2.21. The van der Waals surface area contributed by atoms with Crippen molar-refractivity contribution in [2.24, 2.45) is 5.10 Å². The van der Waals surface area contributed by atoms with Gasteiger partial charge in [0.1, 0.15) is 0 Å². The summed E-state index contributed by atoms with van der Waals surface area (Å²) in [4.78, 5) is 16.3.